The van der Waals surface area contributed by atoms with Gasteiger partial charge in [-0.15, -0.1) is 11.3 Å². The Kier molecular flexibility index (Phi) is 3.88. The van der Waals surface area contributed by atoms with Crippen molar-refractivity contribution < 1.29 is 13.2 Å². The Morgan fingerprint density at radius 2 is 2.22 bits per heavy atom. The predicted octanol–water partition coefficient (Wildman–Crippen LogP) is 2.72. The number of methoxy groups -OCH3 is 1. The molecule has 0 spiro atoms. The molecule has 0 aliphatic heterocycles. The molecular weight excluding hydrogens is 340 g/mol. The van der Waals surface area contributed by atoms with Crippen LogP contribution in [0.3, 0.4) is 0 Å². The van der Waals surface area contributed by atoms with Crippen molar-refractivity contribution in [3.63, 3.8) is 0 Å². The Labute approximate surface area is 117 Å². The van der Waals surface area contributed by atoms with E-state index in [4.69, 9.17) is 4.74 Å². The van der Waals surface area contributed by atoms with Crippen LogP contribution in [-0.4, -0.2) is 20.5 Å². The molecule has 2 heterocycles. The van der Waals surface area contributed by atoms with Gasteiger partial charge in [-0.3, -0.25) is 9.71 Å². The standard InChI is InChI=1S/C10H9BrN2O3S2/c1-16-9-3-5-17-10(9)18(14,15)13-8-2-4-12-6-7(8)11/h2-6H,1H3,(H,12,13). The number of aromatic nitrogens is 1. The summed E-state index contributed by atoms with van der Waals surface area (Å²) in [4.78, 5) is 3.87. The van der Waals surface area contributed by atoms with E-state index in [0.717, 1.165) is 11.3 Å². The number of pyridine rings is 1. The van der Waals surface area contributed by atoms with Gasteiger partial charge < -0.3 is 4.74 Å². The van der Waals surface area contributed by atoms with E-state index < -0.39 is 10.0 Å². The smallest absolute Gasteiger partial charge is 0.275 e. The van der Waals surface area contributed by atoms with Crippen LogP contribution in [0.25, 0.3) is 0 Å². The molecule has 0 aliphatic carbocycles. The fraction of sp³-hybridized carbons (Fsp3) is 0.100. The summed E-state index contributed by atoms with van der Waals surface area (Å²) in [7, 11) is -2.22. The highest BCUT2D eigenvalue weighted by atomic mass is 79.9. The van der Waals surface area contributed by atoms with Gasteiger partial charge in [0.15, 0.2) is 4.21 Å². The number of nitrogens with zero attached hydrogens (tertiary/aromatic N) is 1. The van der Waals surface area contributed by atoms with Gasteiger partial charge in [0, 0.05) is 12.4 Å². The maximum atomic E-state index is 12.2. The summed E-state index contributed by atoms with van der Waals surface area (Å²) >= 11 is 4.33. The first-order valence-corrected chi connectivity index (χ1v) is 7.94. The molecule has 0 amide bonds. The van der Waals surface area contributed by atoms with E-state index in [1.807, 2.05) is 0 Å². The first-order valence-electron chi connectivity index (χ1n) is 4.78. The Morgan fingerprint density at radius 3 is 2.89 bits per heavy atom. The van der Waals surface area contributed by atoms with Gasteiger partial charge in [-0.25, -0.2) is 8.42 Å². The number of sulfonamides is 1. The largest absolute Gasteiger partial charge is 0.494 e. The van der Waals surface area contributed by atoms with Gasteiger partial charge in [-0.2, -0.15) is 0 Å². The molecule has 18 heavy (non-hydrogen) atoms. The minimum absolute atomic E-state index is 0.147. The van der Waals surface area contributed by atoms with Crippen LogP contribution in [0.5, 0.6) is 5.75 Å². The quantitative estimate of drug-likeness (QED) is 0.922. The first kappa shape index (κ1) is 13.3. The molecule has 0 aliphatic rings. The van der Waals surface area contributed by atoms with Crippen LogP contribution in [0.4, 0.5) is 5.69 Å². The maximum absolute atomic E-state index is 12.2. The molecule has 0 aromatic carbocycles. The summed E-state index contributed by atoms with van der Waals surface area (Å²) in [6.07, 6.45) is 3.03. The highest BCUT2D eigenvalue weighted by molar-refractivity contribution is 9.10. The van der Waals surface area contributed by atoms with Crippen molar-refractivity contribution in [1.82, 2.24) is 4.98 Å². The number of rotatable bonds is 4. The van der Waals surface area contributed by atoms with Crippen molar-refractivity contribution in [3.8, 4) is 5.75 Å². The second-order valence-electron chi connectivity index (χ2n) is 3.24. The number of thiophene rings is 1. The molecule has 0 radical (unpaired) electrons. The highest BCUT2D eigenvalue weighted by Crippen LogP contribution is 2.32. The van der Waals surface area contributed by atoms with Gasteiger partial charge in [0.2, 0.25) is 0 Å². The molecule has 8 heteroatoms. The van der Waals surface area contributed by atoms with Crippen molar-refractivity contribution in [3.05, 3.63) is 34.4 Å². The molecule has 1 N–H and O–H groups in total. The lowest BCUT2D eigenvalue weighted by molar-refractivity contribution is 0.406. The Bertz CT molecular complexity index is 655. The van der Waals surface area contributed by atoms with E-state index in [2.05, 4.69) is 25.6 Å². The average Bonchev–Trinajstić information content (AvgIpc) is 2.81. The van der Waals surface area contributed by atoms with Crippen molar-refractivity contribution in [2.75, 3.05) is 11.8 Å². The molecule has 2 rings (SSSR count). The minimum atomic E-state index is -3.65. The summed E-state index contributed by atoms with van der Waals surface area (Å²) in [5.74, 6) is 0.331. The van der Waals surface area contributed by atoms with E-state index in [9.17, 15) is 8.42 Å². The fourth-order valence-electron chi connectivity index (χ4n) is 1.28. The molecule has 2 aromatic rings. The zero-order valence-corrected chi connectivity index (χ0v) is 12.5. The van der Waals surface area contributed by atoms with Gasteiger partial charge in [0.1, 0.15) is 5.75 Å². The zero-order chi connectivity index (χ0) is 13.2. The second kappa shape index (κ2) is 5.25. The summed E-state index contributed by atoms with van der Waals surface area (Å²) in [6, 6.07) is 3.18. The number of hydrogen-bond donors (Lipinski definition) is 1. The van der Waals surface area contributed by atoms with Crippen LogP contribution in [-0.2, 0) is 10.0 Å². The number of ether oxygens (including phenoxy) is 1. The van der Waals surface area contributed by atoms with Crippen LogP contribution in [0.1, 0.15) is 0 Å². The molecule has 2 aromatic heterocycles. The third-order valence-corrected chi connectivity index (χ3v) is 5.52. The normalized spacial score (nSPS) is 11.2. The lowest BCUT2D eigenvalue weighted by Gasteiger charge is -2.09. The number of halogens is 1. The van der Waals surface area contributed by atoms with E-state index in [1.165, 1.54) is 19.5 Å². The van der Waals surface area contributed by atoms with Crippen molar-refractivity contribution in [2.24, 2.45) is 0 Å². The van der Waals surface area contributed by atoms with Crippen molar-refractivity contribution >= 4 is 43.0 Å². The molecule has 0 saturated carbocycles. The van der Waals surface area contributed by atoms with Crippen LogP contribution >= 0.6 is 27.3 Å². The lowest BCUT2D eigenvalue weighted by Crippen LogP contribution is -2.12. The van der Waals surface area contributed by atoms with Gasteiger partial charge in [-0.05, 0) is 33.4 Å². The summed E-state index contributed by atoms with van der Waals surface area (Å²) < 4.78 is 32.6. The molecule has 96 valence electrons. The first-order chi connectivity index (χ1) is 8.54. The topological polar surface area (TPSA) is 68.3 Å². The van der Waals surface area contributed by atoms with Gasteiger partial charge >= 0.3 is 0 Å². The minimum Gasteiger partial charge on any atom is -0.494 e. The third kappa shape index (κ3) is 2.65. The summed E-state index contributed by atoms with van der Waals surface area (Å²) in [5, 5.41) is 1.66. The molecule has 0 unspecified atom stereocenters. The summed E-state index contributed by atoms with van der Waals surface area (Å²) in [6.45, 7) is 0. The number of anilines is 1. The van der Waals surface area contributed by atoms with Crippen LogP contribution in [0.15, 0.2) is 38.6 Å². The SMILES string of the molecule is COc1ccsc1S(=O)(=O)Nc1ccncc1Br. The molecule has 0 atom stereocenters. The lowest BCUT2D eigenvalue weighted by atomic mass is 10.4. The number of hydrogen-bond acceptors (Lipinski definition) is 5. The molecule has 0 fully saturated rings. The second-order valence-corrected chi connectivity index (χ2v) is 6.89. The van der Waals surface area contributed by atoms with Gasteiger partial charge in [-0.1, -0.05) is 0 Å². The van der Waals surface area contributed by atoms with E-state index >= 15 is 0 Å². The molecule has 0 saturated heterocycles. The molecule has 0 bridgehead atoms. The van der Waals surface area contributed by atoms with Gasteiger partial charge in [0.05, 0.1) is 17.3 Å². The van der Waals surface area contributed by atoms with Crippen molar-refractivity contribution in [1.29, 1.82) is 0 Å². The third-order valence-electron chi connectivity index (χ3n) is 2.08. The van der Waals surface area contributed by atoms with E-state index in [-0.39, 0.29) is 4.21 Å². The monoisotopic (exact) mass is 348 g/mol. The predicted molar refractivity (Wildman–Crippen MR) is 73.6 cm³/mol. The van der Waals surface area contributed by atoms with Crippen LogP contribution in [0, 0.1) is 0 Å². The van der Waals surface area contributed by atoms with Gasteiger partial charge in [0.25, 0.3) is 10.0 Å². The van der Waals surface area contributed by atoms with E-state index in [0.29, 0.717) is 15.9 Å². The molecule has 5 nitrogen and oxygen atoms in total. The highest BCUT2D eigenvalue weighted by Gasteiger charge is 2.21. The van der Waals surface area contributed by atoms with E-state index in [1.54, 1.807) is 17.5 Å². The number of nitrogens with one attached hydrogen (secondary N) is 1. The maximum Gasteiger partial charge on any atom is 0.275 e. The Balaban J connectivity index is 2.37. The fourth-order valence-corrected chi connectivity index (χ4v) is 4.12. The average molecular weight is 349 g/mol. The van der Waals surface area contributed by atoms with Crippen LogP contribution < -0.4 is 9.46 Å². The molecular formula is C10H9BrN2O3S2. The zero-order valence-electron chi connectivity index (χ0n) is 9.25. The summed E-state index contributed by atoms with van der Waals surface area (Å²) in [5.41, 5.74) is 0.431. The van der Waals surface area contributed by atoms with Crippen LogP contribution in [0.2, 0.25) is 0 Å². The Hall–Kier alpha value is -1.12. The Morgan fingerprint density at radius 1 is 1.44 bits per heavy atom. The van der Waals surface area contributed by atoms with Crippen molar-refractivity contribution in [2.45, 2.75) is 4.21 Å².